The average molecular weight is 655 g/mol. The first-order chi connectivity index (χ1) is 21.1. The van der Waals surface area contributed by atoms with Gasteiger partial charge in [0.2, 0.25) is 0 Å². The molecule has 45 heavy (non-hydrogen) atoms. The van der Waals surface area contributed by atoms with Gasteiger partial charge in [-0.25, -0.2) is 22.6 Å². The van der Waals surface area contributed by atoms with E-state index >= 15 is 4.39 Å². The van der Waals surface area contributed by atoms with Crippen LogP contribution < -0.4 is 15.8 Å². The van der Waals surface area contributed by atoms with Crippen molar-refractivity contribution >= 4 is 55.7 Å². The van der Waals surface area contributed by atoms with E-state index < -0.39 is 27.5 Å². The Kier molecular flexibility index (Phi) is 8.83. The van der Waals surface area contributed by atoms with Crippen molar-refractivity contribution in [2.75, 3.05) is 10.5 Å². The van der Waals surface area contributed by atoms with Gasteiger partial charge in [0.15, 0.2) is 0 Å². The molecule has 1 unspecified atom stereocenters. The third kappa shape index (κ3) is 6.91. The highest BCUT2D eigenvalue weighted by molar-refractivity contribution is 7.92. The number of alkyl carbamates (subject to hydrolysis) is 1. The number of nitrogens with two attached hydrogens (primary N) is 1. The van der Waals surface area contributed by atoms with Crippen molar-refractivity contribution in [2.45, 2.75) is 76.5 Å². The molecule has 10 nitrogen and oxygen atoms in total. The fourth-order valence-electron chi connectivity index (χ4n) is 5.30. The number of hydrogen-bond donors (Lipinski definition) is 3. The van der Waals surface area contributed by atoms with Crippen LogP contribution in [0, 0.1) is 5.82 Å². The maximum absolute atomic E-state index is 15.4. The van der Waals surface area contributed by atoms with Gasteiger partial charge in [0, 0.05) is 29.4 Å². The average Bonchev–Trinajstić information content (AvgIpc) is 3.36. The van der Waals surface area contributed by atoms with E-state index in [4.69, 9.17) is 27.2 Å². The second kappa shape index (κ2) is 12.3. The number of hydrogen-bond acceptors (Lipinski definition) is 7. The van der Waals surface area contributed by atoms with Crippen LogP contribution in [-0.2, 0) is 14.8 Å². The lowest BCUT2D eigenvalue weighted by atomic mass is 9.90. The number of fused-ring (bicyclic) bond motifs is 1. The topological polar surface area (TPSA) is 141 Å². The molecule has 1 amide bonds. The number of aromatic nitrogens is 3. The number of anilines is 2. The number of nitrogens with one attached hydrogen (secondary N) is 2. The third-order valence-electron chi connectivity index (χ3n) is 7.33. The first-order valence-corrected chi connectivity index (χ1v) is 16.4. The van der Waals surface area contributed by atoms with Gasteiger partial charge in [0.1, 0.15) is 27.8 Å². The summed E-state index contributed by atoms with van der Waals surface area (Å²) in [7, 11) is -4.14. The van der Waals surface area contributed by atoms with E-state index in [0.717, 1.165) is 16.7 Å². The van der Waals surface area contributed by atoms with Gasteiger partial charge in [-0.1, -0.05) is 35.9 Å². The molecular formula is C32H36ClFN6O4S. The van der Waals surface area contributed by atoms with E-state index in [-0.39, 0.29) is 33.5 Å². The molecule has 2 aromatic carbocycles. The normalized spacial score (nSPS) is 15.6. The monoisotopic (exact) mass is 654 g/mol. The van der Waals surface area contributed by atoms with Crippen molar-refractivity contribution in [3.8, 4) is 11.3 Å². The van der Waals surface area contributed by atoms with Gasteiger partial charge in [0.05, 0.1) is 21.6 Å². The number of carbonyl (C=O) groups is 1. The van der Waals surface area contributed by atoms with Gasteiger partial charge in [-0.05, 0) is 83.7 Å². The van der Waals surface area contributed by atoms with Crippen LogP contribution in [0.2, 0.25) is 5.02 Å². The molecule has 2 aromatic heterocycles. The SMILES string of the molecule is CC(C)n1nc(-c2ccc(NS(=O)(=O)c3ccccc3Cl)c(F)c2)c2c(N)ncc(C3=CCC(NC(=O)OC(C)(C)C)CC3)c21. The van der Waals surface area contributed by atoms with Crippen LogP contribution in [0.4, 0.5) is 20.7 Å². The molecule has 1 atom stereocenters. The third-order valence-corrected chi connectivity index (χ3v) is 9.20. The Morgan fingerprint density at radius 2 is 1.93 bits per heavy atom. The lowest BCUT2D eigenvalue weighted by Gasteiger charge is -2.26. The van der Waals surface area contributed by atoms with Gasteiger partial charge in [0.25, 0.3) is 10.0 Å². The number of benzene rings is 2. The molecule has 4 N–H and O–H groups in total. The zero-order valence-corrected chi connectivity index (χ0v) is 27.3. The summed E-state index contributed by atoms with van der Waals surface area (Å²) < 4.78 is 50.8. The van der Waals surface area contributed by atoms with Crippen molar-refractivity contribution in [2.24, 2.45) is 0 Å². The van der Waals surface area contributed by atoms with Crippen molar-refractivity contribution in [1.29, 1.82) is 0 Å². The predicted molar refractivity (Wildman–Crippen MR) is 175 cm³/mol. The Morgan fingerprint density at radius 3 is 2.56 bits per heavy atom. The van der Waals surface area contributed by atoms with Crippen molar-refractivity contribution in [3.05, 3.63) is 71.1 Å². The van der Waals surface area contributed by atoms with Crippen LogP contribution in [0.1, 0.15) is 65.5 Å². The lowest BCUT2D eigenvalue weighted by Crippen LogP contribution is -2.39. The van der Waals surface area contributed by atoms with Crippen molar-refractivity contribution in [3.63, 3.8) is 0 Å². The summed E-state index contributed by atoms with van der Waals surface area (Å²) in [6.45, 7) is 9.44. The van der Waals surface area contributed by atoms with E-state index in [1.807, 2.05) is 39.3 Å². The summed E-state index contributed by atoms with van der Waals surface area (Å²) in [6, 6.07) is 9.93. The quantitative estimate of drug-likeness (QED) is 0.190. The molecule has 0 radical (unpaired) electrons. The largest absolute Gasteiger partial charge is 0.444 e. The first kappa shape index (κ1) is 32.2. The number of nitrogens with zero attached hydrogens (tertiary/aromatic N) is 3. The molecule has 5 rings (SSSR count). The van der Waals surface area contributed by atoms with E-state index in [1.54, 1.807) is 18.3 Å². The molecule has 0 fully saturated rings. The molecule has 0 saturated heterocycles. The number of carbonyl (C=O) groups excluding carboxylic acids is 1. The fourth-order valence-corrected chi connectivity index (χ4v) is 6.89. The highest BCUT2D eigenvalue weighted by Crippen LogP contribution is 2.40. The molecule has 2 heterocycles. The summed E-state index contributed by atoms with van der Waals surface area (Å²) in [5.74, 6) is -0.558. The summed E-state index contributed by atoms with van der Waals surface area (Å²) in [5, 5.41) is 8.37. The number of pyridine rings is 1. The molecule has 0 bridgehead atoms. The second-order valence-corrected chi connectivity index (χ2v) is 14.3. The highest BCUT2D eigenvalue weighted by atomic mass is 35.5. The predicted octanol–water partition coefficient (Wildman–Crippen LogP) is 7.32. The Bertz CT molecular complexity index is 1920. The van der Waals surface area contributed by atoms with Crippen LogP contribution in [-0.4, -0.2) is 40.9 Å². The Hall–Kier alpha value is -4.16. The minimum absolute atomic E-state index is 0.0226. The van der Waals surface area contributed by atoms with Gasteiger partial charge in [-0.15, -0.1) is 0 Å². The number of nitrogen functional groups attached to an aromatic ring is 1. The number of ether oxygens (including phenoxy) is 1. The number of halogens is 2. The van der Waals surface area contributed by atoms with E-state index in [1.165, 1.54) is 30.3 Å². The van der Waals surface area contributed by atoms with Gasteiger partial charge >= 0.3 is 6.09 Å². The number of amides is 1. The Morgan fingerprint density at radius 1 is 1.20 bits per heavy atom. The van der Waals surface area contributed by atoms with Crippen LogP contribution >= 0.6 is 11.6 Å². The molecule has 13 heteroatoms. The van der Waals surface area contributed by atoms with Gasteiger partial charge < -0.3 is 15.8 Å². The molecule has 4 aromatic rings. The van der Waals surface area contributed by atoms with Crippen molar-refractivity contribution < 1.29 is 22.3 Å². The van der Waals surface area contributed by atoms with E-state index in [2.05, 4.69) is 21.1 Å². The highest BCUT2D eigenvalue weighted by Gasteiger charge is 2.26. The maximum atomic E-state index is 15.4. The zero-order valence-electron chi connectivity index (χ0n) is 25.7. The van der Waals surface area contributed by atoms with Crippen LogP contribution in [0.25, 0.3) is 27.7 Å². The minimum atomic E-state index is -4.14. The van der Waals surface area contributed by atoms with Crippen molar-refractivity contribution in [1.82, 2.24) is 20.1 Å². The molecule has 1 aliphatic carbocycles. The summed E-state index contributed by atoms with van der Waals surface area (Å²) in [4.78, 5) is 16.6. The van der Waals surface area contributed by atoms with E-state index in [0.29, 0.717) is 35.9 Å². The maximum Gasteiger partial charge on any atom is 0.407 e. The van der Waals surface area contributed by atoms with Gasteiger partial charge in [-0.3, -0.25) is 9.40 Å². The summed E-state index contributed by atoms with van der Waals surface area (Å²) >= 11 is 6.07. The molecular weight excluding hydrogens is 619 g/mol. The second-order valence-electron chi connectivity index (χ2n) is 12.2. The van der Waals surface area contributed by atoms with E-state index in [9.17, 15) is 13.2 Å². The lowest BCUT2D eigenvalue weighted by molar-refractivity contribution is 0.0502. The Balaban J connectivity index is 1.48. The molecule has 0 spiro atoms. The summed E-state index contributed by atoms with van der Waals surface area (Å²) in [5.41, 5.74) is 9.09. The number of rotatable bonds is 7. The fraction of sp³-hybridized carbons (Fsp3) is 0.344. The first-order valence-electron chi connectivity index (χ1n) is 14.6. The summed E-state index contributed by atoms with van der Waals surface area (Å²) in [6.07, 6.45) is 5.35. The smallest absolute Gasteiger partial charge is 0.407 e. The van der Waals surface area contributed by atoms with Crippen LogP contribution in [0.3, 0.4) is 0 Å². The molecule has 0 aliphatic heterocycles. The minimum Gasteiger partial charge on any atom is -0.444 e. The Labute approximate surface area is 266 Å². The molecule has 1 aliphatic rings. The zero-order chi connectivity index (χ0) is 32.7. The standard InChI is InChI=1S/C32H36ClFN6O4S/c1-18(2)40-29-22(19-10-13-21(14-11-19)37-31(41)44-32(3,4)5)17-36-30(35)27(29)28(38-40)20-12-15-25(24(34)16-20)39-45(42,43)26-9-7-6-8-23(26)33/h6-10,12,15-18,21,39H,11,13-14H2,1-5H3,(H2,35,36)(H,37,41). The van der Waals surface area contributed by atoms with Gasteiger partial charge in [-0.2, -0.15) is 5.10 Å². The molecule has 238 valence electrons. The van der Waals surface area contributed by atoms with Crippen LogP contribution in [0.5, 0.6) is 0 Å². The molecule has 0 saturated carbocycles. The number of sulfonamides is 1. The number of allylic oxidation sites excluding steroid dienone is 1. The van der Waals surface area contributed by atoms with Crippen LogP contribution in [0.15, 0.2) is 59.6 Å².